The van der Waals surface area contributed by atoms with Crippen molar-refractivity contribution in [3.05, 3.63) is 30.3 Å². The molecule has 0 fully saturated rings. The summed E-state index contributed by atoms with van der Waals surface area (Å²) in [7, 11) is -4.36. The molecule has 0 bridgehead atoms. The van der Waals surface area contributed by atoms with E-state index in [1.54, 1.807) is 24.3 Å². The van der Waals surface area contributed by atoms with Crippen molar-refractivity contribution in [3.63, 3.8) is 0 Å². The number of benzene rings is 1. The zero-order valence-corrected chi connectivity index (χ0v) is 8.40. The van der Waals surface area contributed by atoms with Gasteiger partial charge in [0.1, 0.15) is 0 Å². The van der Waals surface area contributed by atoms with Crippen LogP contribution in [0.3, 0.4) is 0 Å². The fraction of sp³-hybridized carbons (Fsp3) is 0. The third-order valence-corrected chi connectivity index (χ3v) is 2.78. The molecule has 2 aromatic rings. The summed E-state index contributed by atoms with van der Waals surface area (Å²) in [5.41, 5.74) is 5.88. The smallest absolute Gasteiger partial charge is 0.314 e. The maximum atomic E-state index is 10.9. The lowest BCUT2D eigenvalue weighted by molar-refractivity contribution is 0.480. The maximum Gasteiger partial charge on any atom is 0.314 e. The highest BCUT2D eigenvalue weighted by molar-refractivity contribution is 7.85. The van der Waals surface area contributed by atoms with Crippen molar-refractivity contribution in [1.82, 2.24) is 4.98 Å². The van der Waals surface area contributed by atoms with E-state index in [-0.39, 0.29) is 5.69 Å². The van der Waals surface area contributed by atoms with Gasteiger partial charge in [0.2, 0.25) is 5.03 Å². The molecule has 1 aromatic heterocycles. The lowest BCUT2D eigenvalue weighted by atomic mass is 10.2. The van der Waals surface area contributed by atoms with Crippen LogP contribution in [0.25, 0.3) is 10.9 Å². The number of nitrogens with two attached hydrogens (primary N) is 1. The van der Waals surface area contributed by atoms with Crippen molar-refractivity contribution < 1.29 is 13.0 Å². The summed E-state index contributed by atoms with van der Waals surface area (Å²) < 4.78 is 30.7. The number of aromatic nitrogens is 1. The first kappa shape index (κ1) is 9.88. The molecule has 0 unspecified atom stereocenters. The second-order valence-corrected chi connectivity index (χ2v) is 4.39. The lowest BCUT2D eigenvalue weighted by Crippen LogP contribution is -2.06. The van der Waals surface area contributed by atoms with Crippen LogP contribution < -0.4 is 5.73 Å². The summed E-state index contributed by atoms with van der Waals surface area (Å²) >= 11 is 0. The van der Waals surface area contributed by atoms with Gasteiger partial charge in [-0.3, -0.25) is 4.55 Å². The monoisotopic (exact) mass is 224 g/mol. The van der Waals surface area contributed by atoms with Crippen LogP contribution in [0.2, 0.25) is 0 Å². The lowest BCUT2D eigenvalue weighted by Gasteiger charge is -2.03. The number of fused-ring (bicyclic) bond motifs is 1. The molecule has 6 heteroatoms. The summed E-state index contributed by atoms with van der Waals surface area (Å²) in [5.74, 6) is 0. The van der Waals surface area contributed by atoms with Gasteiger partial charge in [-0.05, 0) is 12.1 Å². The van der Waals surface area contributed by atoms with Crippen molar-refractivity contribution in [3.8, 4) is 0 Å². The molecule has 0 atom stereocenters. The summed E-state index contributed by atoms with van der Waals surface area (Å²) in [4.78, 5) is 3.78. The van der Waals surface area contributed by atoms with Crippen LogP contribution in [0.1, 0.15) is 0 Å². The summed E-state index contributed by atoms with van der Waals surface area (Å²) in [6.07, 6.45) is 0. The first-order chi connectivity index (χ1) is 6.98. The molecular formula is C9H8N2O3S. The van der Waals surface area contributed by atoms with Crippen LogP contribution in [0.4, 0.5) is 5.69 Å². The van der Waals surface area contributed by atoms with Gasteiger partial charge in [-0.25, -0.2) is 4.98 Å². The molecule has 3 N–H and O–H groups in total. The molecule has 2 rings (SSSR count). The molecule has 0 aliphatic rings. The minimum Gasteiger partial charge on any atom is -0.396 e. The van der Waals surface area contributed by atoms with Crippen LogP contribution in [-0.2, 0) is 10.1 Å². The molecular weight excluding hydrogens is 216 g/mol. The fourth-order valence-electron chi connectivity index (χ4n) is 1.32. The van der Waals surface area contributed by atoms with Gasteiger partial charge in [-0.15, -0.1) is 0 Å². The minimum atomic E-state index is -4.36. The summed E-state index contributed by atoms with van der Waals surface area (Å²) in [5, 5.41) is 0.226. The molecule has 1 heterocycles. The van der Waals surface area contributed by atoms with Gasteiger partial charge >= 0.3 is 10.1 Å². The molecule has 1 aromatic carbocycles. The van der Waals surface area contributed by atoms with Gasteiger partial charge in [-0.1, -0.05) is 18.2 Å². The Morgan fingerprint density at radius 2 is 1.93 bits per heavy atom. The molecule has 0 saturated heterocycles. The van der Waals surface area contributed by atoms with E-state index in [0.717, 1.165) is 5.39 Å². The number of rotatable bonds is 1. The number of hydrogen-bond acceptors (Lipinski definition) is 4. The van der Waals surface area contributed by atoms with Crippen LogP contribution in [-0.4, -0.2) is 18.0 Å². The Morgan fingerprint density at radius 1 is 1.27 bits per heavy atom. The Hall–Kier alpha value is -1.66. The first-order valence-corrected chi connectivity index (χ1v) is 5.55. The number of nitrogens with zero attached hydrogens (tertiary/aromatic N) is 1. The topological polar surface area (TPSA) is 93.3 Å². The van der Waals surface area contributed by atoms with Crippen molar-refractivity contribution in [2.24, 2.45) is 0 Å². The van der Waals surface area contributed by atoms with Gasteiger partial charge < -0.3 is 5.73 Å². The third-order valence-electron chi connectivity index (χ3n) is 1.96. The first-order valence-electron chi connectivity index (χ1n) is 4.11. The Bertz CT molecular complexity index is 622. The average Bonchev–Trinajstić information content (AvgIpc) is 2.15. The maximum absolute atomic E-state index is 10.9. The number of para-hydroxylation sites is 1. The van der Waals surface area contributed by atoms with E-state index in [2.05, 4.69) is 4.98 Å². The van der Waals surface area contributed by atoms with E-state index >= 15 is 0 Å². The van der Waals surface area contributed by atoms with E-state index in [0.29, 0.717) is 5.52 Å². The SMILES string of the molecule is Nc1cc2ccccc2nc1S(=O)(=O)O. The van der Waals surface area contributed by atoms with E-state index in [1.807, 2.05) is 0 Å². The van der Waals surface area contributed by atoms with Crippen LogP contribution >= 0.6 is 0 Å². The predicted molar refractivity (Wildman–Crippen MR) is 56.0 cm³/mol. The number of nitrogen functional groups attached to an aromatic ring is 1. The van der Waals surface area contributed by atoms with Gasteiger partial charge in [-0.2, -0.15) is 8.42 Å². The third kappa shape index (κ3) is 1.77. The van der Waals surface area contributed by atoms with Crippen LogP contribution in [0.15, 0.2) is 35.4 Å². The van der Waals surface area contributed by atoms with E-state index in [4.69, 9.17) is 10.3 Å². The highest BCUT2D eigenvalue weighted by atomic mass is 32.2. The Labute approximate surface area is 86.3 Å². The molecule has 78 valence electrons. The van der Waals surface area contributed by atoms with E-state index < -0.39 is 15.1 Å². The fourth-order valence-corrected chi connectivity index (χ4v) is 1.89. The highest BCUT2D eigenvalue weighted by Gasteiger charge is 2.16. The molecule has 0 spiro atoms. The molecule has 5 nitrogen and oxygen atoms in total. The van der Waals surface area contributed by atoms with Crippen molar-refractivity contribution >= 4 is 26.7 Å². The zero-order valence-electron chi connectivity index (χ0n) is 7.58. The molecule has 15 heavy (non-hydrogen) atoms. The van der Waals surface area contributed by atoms with Gasteiger partial charge in [0.25, 0.3) is 0 Å². The van der Waals surface area contributed by atoms with Crippen molar-refractivity contribution in [2.75, 3.05) is 5.73 Å². The normalized spacial score (nSPS) is 11.8. The average molecular weight is 224 g/mol. The van der Waals surface area contributed by atoms with Gasteiger partial charge in [0, 0.05) is 5.39 Å². The molecule has 0 amide bonds. The zero-order chi connectivity index (χ0) is 11.1. The minimum absolute atomic E-state index is 0.0591. The largest absolute Gasteiger partial charge is 0.396 e. The Morgan fingerprint density at radius 3 is 2.60 bits per heavy atom. The second kappa shape index (κ2) is 3.18. The standard InChI is InChI=1S/C9H8N2O3S/c10-7-5-6-3-1-2-4-8(6)11-9(7)15(12,13)14/h1-5H,10H2,(H,12,13,14). The molecule has 0 aliphatic heterocycles. The quantitative estimate of drug-likeness (QED) is 0.706. The molecule has 0 radical (unpaired) electrons. The van der Waals surface area contributed by atoms with E-state index in [9.17, 15) is 8.42 Å². The molecule has 0 saturated carbocycles. The van der Waals surface area contributed by atoms with Crippen molar-refractivity contribution in [2.45, 2.75) is 5.03 Å². The highest BCUT2D eigenvalue weighted by Crippen LogP contribution is 2.21. The summed E-state index contributed by atoms with van der Waals surface area (Å²) in [6, 6.07) is 8.37. The number of hydrogen-bond donors (Lipinski definition) is 2. The second-order valence-electron chi connectivity index (χ2n) is 3.05. The van der Waals surface area contributed by atoms with Crippen LogP contribution in [0.5, 0.6) is 0 Å². The van der Waals surface area contributed by atoms with Crippen molar-refractivity contribution in [1.29, 1.82) is 0 Å². The van der Waals surface area contributed by atoms with Gasteiger partial charge in [0.15, 0.2) is 0 Å². The van der Waals surface area contributed by atoms with E-state index in [1.165, 1.54) is 6.07 Å². The number of anilines is 1. The molecule has 0 aliphatic carbocycles. The Balaban J connectivity index is 2.84. The number of pyridine rings is 1. The summed E-state index contributed by atoms with van der Waals surface area (Å²) in [6.45, 7) is 0. The Kier molecular flexibility index (Phi) is 2.09. The predicted octanol–water partition coefficient (Wildman–Crippen LogP) is 1.06. The van der Waals surface area contributed by atoms with Gasteiger partial charge in [0.05, 0.1) is 11.2 Å². The van der Waals surface area contributed by atoms with Crippen LogP contribution in [0, 0.1) is 0 Å².